The number of rotatable bonds is 4. The predicted octanol–water partition coefficient (Wildman–Crippen LogP) is 3.48. The first-order valence-electron chi connectivity index (χ1n) is 7.49. The minimum absolute atomic E-state index is 0.0621. The van der Waals surface area contributed by atoms with E-state index in [9.17, 15) is 4.79 Å². The van der Waals surface area contributed by atoms with Crippen LogP contribution >= 0.6 is 11.8 Å². The Morgan fingerprint density at radius 3 is 2.57 bits per heavy atom. The summed E-state index contributed by atoms with van der Waals surface area (Å²) < 4.78 is 5.46. The maximum Gasteiger partial charge on any atom is 0.179 e. The summed E-state index contributed by atoms with van der Waals surface area (Å²) in [5, 5.41) is 0. The molecule has 1 aliphatic heterocycles. The lowest BCUT2D eigenvalue weighted by Gasteiger charge is -2.27. The second-order valence-corrected chi connectivity index (χ2v) is 7.96. The zero-order chi connectivity index (χ0) is 15.5. The van der Waals surface area contributed by atoms with Crippen LogP contribution in [0.4, 0.5) is 0 Å². The summed E-state index contributed by atoms with van der Waals surface area (Å²) in [7, 11) is 1.64. The van der Waals surface area contributed by atoms with Gasteiger partial charge in [-0.25, -0.2) is 0 Å². The van der Waals surface area contributed by atoms with E-state index in [1.165, 1.54) is 0 Å². The van der Waals surface area contributed by atoms with Crippen LogP contribution in [-0.2, 0) is 0 Å². The molecule has 0 aliphatic carbocycles. The molecular weight excluding hydrogens is 282 g/mol. The van der Waals surface area contributed by atoms with Gasteiger partial charge in [0.15, 0.2) is 5.78 Å². The number of hydrogen-bond donors (Lipinski definition) is 0. The number of ether oxygens (including phenoxy) is 1. The molecule has 21 heavy (non-hydrogen) atoms. The molecule has 116 valence electrons. The van der Waals surface area contributed by atoms with Gasteiger partial charge in [0.25, 0.3) is 0 Å². The molecule has 0 aromatic heterocycles. The molecule has 0 amide bonds. The second-order valence-electron chi connectivity index (χ2n) is 6.16. The van der Waals surface area contributed by atoms with Gasteiger partial charge >= 0.3 is 0 Å². The number of Topliss-reactive ketones (excluding diaryl/α,β-unsaturated/α-hetero) is 1. The lowest BCUT2D eigenvalue weighted by atomic mass is 10.0. The van der Waals surface area contributed by atoms with E-state index in [0.29, 0.717) is 4.75 Å². The second kappa shape index (κ2) is 6.84. The van der Waals surface area contributed by atoms with Gasteiger partial charge in [-0.1, -0.05) is 13.8 Å². The molecule has 1 aromatic carbocycles. The van der Waals surface area contributed by atoms with Crippen molar-refractivity contribution >= 4 is 17.5 Å². The van der Waals surface area contributed by atoms with Crippen molar-refractivity contribution in [2.75, 3.05) is 26.0 Å². The molecule has 0 spiro atoms. The van der Waals surface area contributed by atoms with Crippen LogP contribution in [0.1, 0.15) is 37.6 Å². The molecule has 0 saturated carbocycles. The topological polar surface area (TPSA) is 29.5 Å². The third kappa shape index (κ3) is 4.24. The lowest BCUT2D eigenvalue weighted by Crippen LogP contribution is -2.40. The van der Waals surface area contributed by atoms with Crippen LogP contribution in [0.15, 0.2) is 24.3 Å². The van der Waals surface area contributed by atoms with Crippen LogP contribution < -0.4 is 4.74 Å². The summed E-state index contributed by atoms with van der Waals surface area (Å²) in [6.45, 7) is 8.57. The van der Waals surface area contributed by atoms with Crippen molar-refractivity contribution < 1.29 is 9.53 Å². The Bertz CT molecular complexity index is 484. The monoisotopic (exact) mass is 307 g/mol. The van der Waals surface area contributed by atoms with Crippen LogP contribution in [0.3, 0.4) is 0 Å². The number of hydrogen-bond acceptors (Lipinski definition) is 4. The number of ketones is 1. The van der Waals surface area contributed by atoms with Crippen LogP contribution in [-0.4, -0.2) is 47.4 Å². The van der Waals surface area contributed by atoms with E-state index >= 15 is 0 Å². The molecule has 1 aliphatic rings. The Balaban J connectivity index is 2.04. The molecule has 0 radical (unpaired) electrons. The standard InChI is InChI=1S/C17H25NO2S/c1-13(18-10-9-17(2,3)21-12-11-18)16(19)14-5-7-15(20-4)8-6-14/h5-8,13H,9-12H2,1-4H3. The van der Waals surface area contributed by atoms with Gasteiger partial charge in [-0.2, -0.15) is 11.8 Å². The van der Waals surface area contributed by atoms with E-state index in [1.807, 2.05) is 43.0 Å². The van der Waals surface area contributed by atoms with Gasteiger partial charge in [-0.05, 0) is 37.6 Å². The van der Waals surface area contributed by atoms with Crippen LogP contribution in [0.25, 0.3) is 0 Å². The summed E-state index contributed by atoms with van der Waals surface area (Å²) in [4.78, 5) is 14.9. The first-order valence-corrected chi connectivity index (χ1v) is 8.48. The number of carbonyl (C=O) groups is 1. The van der Waals surface area contributed by atoms with Crippen molar-refractivity contribution in [3.63, 3.8) is 0 Å². The van der Waals surface area contributed by atoms with Crippen molar-refractivity contribution in [3.8, 4) is 5.75 Å². The van der Waals surface area contributed by atoms with Crippen LogP contribution in [0, 0.1) is 0 Å². The fourth-order valence-corrected chi connectivity index (χ4v) is 3.70. The SMILES string of the molecule is COc1ccc(C(=O)C(C)N2CCSC(C)(C)CC2)cc1. The average Bonchev–Trinajstić information content (AvgIpc) is 2.66. The summed E-state index contributed by atoms with van der Waals surface area (Å²) in [6, 6.07) is 7.35. The van der Waals surface area contributed by atoms with Crippen molar-refractivity contribution in [2.24, 2.45) is 0 Å². The number of methoxy groups -OCH3 is 1. The highest BCUT2D eigenvalue weighted by Crippen LogP contribution is 2.31. The average molecular weight is 307 g/mol. The Labute approximate surface area is 132 Å². The van der Waals surface area contributed by atoms with Crippen molar-refractivity contribution in [3.05, 3.63) is 29.8 Å². The minimum Gasteiger partial charge on any atom is -0.497 e. The fraction of sp³-hybridized carbons (Fsp3) is 0.588. The molecular formula is C17H25NO2S. The Kier molecular flexibility index (Phi) is 5.33. The number of nitrogens with zero attached hydrogens (tertiary/aromatic N) is 1. The molecule has 1 fully saturated rings. The molecule has 1 aromatic rings. The molecule has 1 saturated heterocycles. The molecule has 4 heteroatoms. The predicted molar refractivity (Wildman–Crippen MR) is 89.5 cm³/mol. The van der Waals surface area contributed by atoms with Gasteiger partial charge in [0.1, 0.15) is 5.75 Å². The van der Waals surface area contributed by atoms with Gasteiger partial charge < -0.3 is 4.74 Å². The number of thioether (sulfide) groups is 1. The summed E-state index contributed by atoms with van der Waals surface area (Å²) in [5.74, 6) is 2.07. The van der Waals surface area contributed by atoms with E-state index in [0.717, 1.165) is 36.6 Å². The zero-order valence-electron chi connectivity index (χ0n) is 13.4. The molecule has 1 heterocycles. The largest absolute Gasteiger partial charge is 0.497 e. The summed E-state index contributed by atoms with van der Waals surface area (Å²) in [6.07, 6.45) is 1.12. The van der Waals surface area contributed by atoms with Crippen LogP contribution in [0.2, 0.25) is 0 Å². The third-order valence-electron chi connectivity index (χ3n) is 4.17. The normalized spacial score (nSPS) is 20.6. The van der Waals surface area contributed by atoms with Crippen molar-refractivity contribution in [1.29, 1.82) is 0 Å². The number of benzene rings is 1. The first kappa shape index (κ1) is 16.4. The third-order valence-corrected chi connectivity index (χ3v) is 5.55. The molecule has 1 unspecified atom stereocenters. The summed E-state index contributed by atoms with van der Waals surface area (Å²) >= 11 is 2.01. The van der Waals surface area contributed by atoms with E-state index in [4.69, 9.17) is 4.74 Å². The van der Waals surface area contributed by atoms with Crippen LogP contribution in [0.5, 0.6) is 5.75 Å². The van der Waals surface area contributed by atoms with E-state index in [-0.39, 0.29) is 11.8 Å². The molecule has 1 atom stereocenters. The van der Waals surface area contributed by atoms with Gasteiger partial charge in [0.05, 0.1) is 13.2 Å². The van der Waals surface area contributed by atoms with Crippen molar-refractivity contribution in [2.45, 2.75) is 38.0 Å². The van der Waals surface area contributed by atoms with Gasteiger partial charge in [-0.15, -0.1) is 0 Å². The molecule has 0 N–H and O–H groups in total. The highest BCUT2D eigenvalue weighted by Gasteiger charge is 2.28. The zero-order valence-corrected chi connectivity index (χ0v) is 14.2. The quantitative estimate of drug-likeness (QED) is 0.797. The molecule has 0 bridgehead atoms. The van der Waals surface area contributed by atoms with E-state index in [2.05, 4.69) is 18.7 Å². The maximum atomic E-state index is 12.6. The Morgan fingerprint density at radius 1 is 1.29 bits per heavy atom. The maximum absolute atomic E-state index is 12.6. The smallest absolute Gasteiger partial charge is 0.179 e. The van der Waals surface area contributed by atoms with Gasteiger partial charge in [0.2, 0.25) is 0 Å². The van der Waals surface area contributed by atoms with Gasteiger partial charge in [0, 0.05) is 29.2 Å². The van der Waals surface area contributed by atoms with E-state index < -0.39 is 0 Å². The molecule has 2 rings (SSSR count). The Morgan fingerprint density at radius 2 is 1.95 bits per heavy atom. The van der Waals surface area contributed by atoms with E-state index in [1.54, 1.807) is 7.11 Å². The fourth-order valence-electron chi connectivity index (χ4n) is 2.59. The van der Waals surface area contributed by atoms with Gasteiger partial charge in [-0.3, -0.25) is 9.69 Å². The molecule has 3 nitrogen and oxygen atoms in total. The minimum atomic E-state index is -0.0621. The first-order chi connectivity index (χ1) is 9.93. The highest BCUT2D eigenvalue weighted by molar-refractivity contribution is 8.00. The summed E-state index contributed by atoms with van der Waals surface area (Å²) in [5.41, 5.74) is 0.763. The Hall–Kier alpha value is -1.00. The number of carbonyl (C=O) groups excluding carboxylic acids is 1. The van der Waals surface area contributed by atoms with Crippen molar-refractivity contribution in [1.82, 2.24) is 4.90 Å². The highest BCUT2D eigenvalue weighted by atomic mass is 32.2. The lowest BCUT2D eigenvalue weighted by molar-refractivity contribution is 0.0844.